The molecule has 0 aromatic carbocycles. The molecule has 0 amide bonds. The molecule has 120 valence electrons. The van der Waals surface area contributed by atoms with Gasteiger partial charge in [-0.2, -0.15) is 4.98 Å². The Balaban J connectivity index is 2.13. The van der Waals surface area contributed by atoms with Crippen molar-refractivity contribution >= 4 is 17.5 Å². The Hall–Kier alpha value is -1.15. The standard InChI is InChI=1S/C13H22ClN3O4/c1-3-15-13-16-10-11(14)12(17-13)21-9-8-20-7-6-19-5-4-18-2/h10H,3-9H2,1-2H3,(H,15,16,17). The summed E-state index contributed by atoms with van der Waals surface area (Å²) >= 11 is 5.96. The first-order valence-electron chi connectivity index (χ1n) is 6.81. The second kappa shape index (κ2) is 11.5. The Bertz CT molecular complexity index is 396. The van der Waals surface area contributed by atoms with Crippen LogP contribution >= 0.6 is 11.6 Å². The number of hydrogen-bond acceptors (Lipinski definition) is 7. The number of methoxy groups -OCH3 is 1. The summed E-state index contributed by atoms with van der Waals surface area (Å²) in [6.45, 7) is 5.68. The SMILES string of the molecule is CCNc1ncc(Cl)c(OCCOCCOCCOC)n1. The monoisotopic (exact) mass is 319 g/mol. The number of rotatable bonds is 12. The van der Waals surface area contributed by atoms with Gasteiger partial charge in [0.15, 0.2) is 0 Å². The molecule has 0 atom stereocenters. The van der Waals surface area contributed by atoms with Gasteiger partial charge in [-0.15, -0.1) is 0 Å². The third kappa shape index (κ3) is 8.01. The molecule has 0 aliphatic heterocycles. The van der Waals surface area contributed by atoms with Gasteiger partial charge in [-0.25, -0.2) is 4.98 Å². The van der Waals surface area contributed by atoms with Gasteiger partial charge in [0.2, 0.25) is 11.8 Å². The summed E-state index contributed by atoms with van der Waals surface area (Å²) < 4.78 is 20.9. The maximum atomic E-state index is 5.96. The Morgan fingerprint density at radius 3 is 2.43 bits per heavy atom. The van der Waals surface area contributed by atoms with Crippen molar-refractivity contribution in [3.05, 3.63) is 11.2 Å². The average molecular weight is 320 g/mol. The van der Waals surface area contributed by atoms with E-state index in [1.807, 2.05) is 6.92 Å². The van der Waals surface area contributed by atoms with E-state index in [9.17, 15) is 0 Å². The van der Waals surface area contributed by atoms with Crippen LogP contribution in [0.15, 0.2) is 6.20 Å². The minimum atomic E-state index is 0.350. The van der Waals surface area contributed by atoms with Crippen LogP contribution in [0.2, 0.25) is 5.02 Å². The van der Waals surface area contributed by atoms with E-state index in [4.69, 9.17) is 30.5 Å². The minimum Gasteiger partial charge on any atom is -0.474 e. The molecule has 1 heterocycles. The molecular weight excluding hydrogens is 298 g/mol. The van der Waals surface area contributed by atoms with E-state index in [2.05, 4.69) is 15.3 Å². The molecule has 0 saturated carbocycles. The van der Waals surface area contributed by atoms with Gasteiger partial charge < -0.3 is 24.3 Å². The van der Waals surface area contributed by atoms with E-state index < -0.39 is 0 Å². The molecular formula is C13H22ClN3O4. The van der Waals surface area contributed by atoms with E-state index in [-0.39, 0.29) is 0 Å². The van der Waals surface area contributed by atoms with E-state index in [1.54, 1.807) is 7.11 Å². The van der Waals surface area contributed by atoms with Gasteiger partial charge in [-0.1, -0.05) is 11.6 Å². The molecule has 0 unspecified atom stereocenters. The lowest BCUT2D eigenvalue weighted by Gasteiger charge is -2.09. The van der Waals surface area contributed by atoms with Gasteiger partial charge in [0.25, 0.3) is 0 Å². The minimum absolute atomic E-state index is 0.350. The predicted molar refractivity (Wildman–Crippen MR) is 80.2 cm³/mol. The Kier molecular flexibility index (Phi) is 9.81. The van der Waals surface area contributed by atoms with Crippen molar-refractivity contribution < 1.29 is 18.9 Å². The lowest BCUT2D eigenvalue weighted by Crippen LogP contribution is -2.13. The van der Waals surface area contributed by atoms with Crippen molar-refractivity contribution in [2.24, 2.45) is 0 Å². The first-order valence-corrected chi connectivity index (χ1v) is 7.19. The number of anilines is 1. The molecule has 0 saturated heterocycles. The molecule has 0 aliphatic rings. The highest BCUT2D eigenvalue weighted by Crippen LogP contribution is 2.21. The quantitative estimate of drug-likeness (QED) is 0.587. The molecule has 0 spiro atoms. The maximum absolute atomic E-state index is 5.96. The fraction of sp³-hybridized carbons (Fsp3) is 0.692. The molecule has 1 aromatic rings. The second-order valence-electron chi connectivity index (χ2n) is 3.94. The Morgan fingerprint density at radius 1 is 1.10 bits per heavy atom. The number of nitrogens with zero attached hydrogens (tertiary/aromatic N) is 2. The lowest BCUT2D eigenvalue weighted by molar-refractivity contribution is 0.0176. The third-order valence-electron chi connectivity index (χ3n) is 2.32. The Morgan fingerprint density at radius 2 is 1.76 bits per heavy atom. The molecule has 1 rings (SSSR count). The number of hydrogen-bond donors (Lipinski definition) is 1. The van der Waals surface area contributed by atoms with Gasteiger partial charge in [0, 0.05) is 13.7 Å². The van der Waals surface area contributed by atoms with E-state index in [0.29, 0.717) is 56.5 Å². The van der Waals surface area contributed by atoms with Crippen molar-refractivity contribution in [3.8, 4) is 5.88 Å². The zero-order valence-electron chi connectivity index (χ0n) is 12.4. The van der Waals surface area contributed by atoms with Crippen molar-refractivity contribution in [1.82, 2.24) is 9.97 Å². The van der Waals surface area contributed by atoms with Crippen LogP contribution < -0.4 is 10.1 Å². The average Bonchev–Trinajstić information content (AvgIpc) is 2.49. The fourth-order valence-corrected chi connectivity index (χ4v) is 1.50. The Labute approximate surface area is 129 Å². The summed E-state index contributed by atoms with van der Waals surface area (Å²) in [4.78, 5) is 8.19. The zero-order chi connectivity index (χ0) is 15.3. The maximum Gasteiger partial charge on any atom is 0.237 e. The second-order valence-corrected chi connectivity index (χ2v) is 4.35. The van der Waals surface area contributed by atoms with Crippen LogP contribution in [0.25, 0.3) is 0 Å². The van der Waals surface area contributed by atoms with Gasteiger partial charge >= 0.3 is 0 Å². The molecule has 0 fully saturated rings. The normalized spacial score (nSPS) is 10.6. The molecule has 8 heteroatoms. The number of ether oxygens (including phenoxy) is 4. The van der Waals surface area contributed by atoms with Gasteiger partial charge in [-0.3, -0.25) is 0 Å². The summed E-state index contributed by atoms with van der Waals surface area (Å²) in [5, 5.41) is 3.37. The zero-order valence-corrected chi connectivity index (χ0v) is 13.2. The molecule has 0 radical (unpaired) electrons. The van der Waals surface area contributed by atoms with Crippen molar-refractivity contribution in [2.75, 3.05) is 58.6 Å². The summed E-state index contributed by atoms with van der Waals surface area (Å²) in [6.07, 6.45) is 1.51. The summed E-state index contributed by atoms with van der Waals surface area (Å²) in [5.41, 5.74) is 0. The van der Waals surface area contributed by atoms with Crippen LogP contribution in [0, 0.1) is 0 Å². The smallest absolute Gasteiger partial charge is 0.237 e. The van der Waals surface area contributed by atoms with Gasteiger partial charge in [0.05, 0.1) is 39.2 Å². The fourth-order valence-electron chi connectivity index (χ4n) is 1.36. The molecule has 7 nitrogen and oxygen atoms in total. The van der Waals surface area contributed by atoms with Crippen molar-refractivity contribution in [3.63, 3.8) is 0 Å². The molecule has 21 heavy (non-hydrogen) atoms. The van der Waals surface area contributed by atoms with Crippen LogP contribution in [-0.4, -0.2) is 63.3 Å². The van der Waals surface area contributed by atoms with Crippen LogP contribution in [-0.2, 0) is 14.2 Å². The number of nitrogens with one attached hydrogen (secondary N) is 1. The van der Waals surface area contributed by atoms with Crippen LogP contribution in [0.5, 0.6) is 5.88 Å². The summed E-state index contributed by atoms with van der Waals surface area (Å²) in [5.74, 6) is 0.840. The highest BCUT2D eigenvalue weighted by molar-refractivity contribution is 6.31. The third-order valence-corrected chi connectivity index (χ3v) is 2.58. The van der Waals surface area contributed by atoms with E-state index >= 15 is 0 Å². The van der Waals surface area contributed by atoms with Crippen LogP contribution in [0.4, 0.5) is 5.95 Å². The van der Waals surface area contributed by atoms with Crippen molar-refractivity contribution in [1.29, 1.82) is 0 Å². The number of aromatic nitrogens is 2. The highest BCUT2D eigenvalue weighted by Gasteiger charge is 2.06. The first-order chi connectivity index (χ1) is 10.3. The number of halogens is 1. The topological polar surface area (TPSA) is 74.7 Å². The van der Waals surface area contributed by atoms with E-state index in [0.717, 1.165) is 6.54 Å². The molecule has 0 aliphatic carbocycles. The predicted octanol–water partition coefficient (Wildman–Crippen LogP) is 1.62. The molecule has 1 N–H and O–H groups in total. The largest absolute Gasteiger partial charge is 0.474 e. The molecule has 1 aromatic heterocycles. The summed E-state index contributed by atoms with van der Waals surface area (Å²) in [7, 11) is 1.64. The lowest BCUT2D eigenvalue weighted by atomic mass is 10.6. The van der Waals surface area contributed by atoms with Crippen LogP contribution in [0.3, 0.4) is 0 Å². The molecule has 0 bridgehead atoms. The van der Waals surface area contributed by atoms with Gasteiger partial charge in [0.1, 0.15) is 11.6 Å². The first kappa shape index (κ1) is 17.9. The van der Waals surface area contributed by atoms with Crippen molar-refractivity contribution in [2.45, 2.75) is 6.92 Å². The summed E-state index contributed by atoms with van der Waals surface area (Å²) in [6, 6.07) is 0. The van der Waals surface area contributed by atoms with E-state index in [1.165, 1.54) is 6.20 Å². The van der Waals surface area contributed by atoms with Gasteiger partial charge in [-0.05, 0) is 6.92 Å². The van der Waals surface area contributed by atoms with Crippen LogP contribution in [0.1, 0.15) is 6.92 Å². The highest BCUT2D eigenvalue weighted by atomic mass is 35.5.